The van der Waals surface area contributed by atoms with E-state index >= 15 is 0 Å². The van der Waals surface area contributed by atoms with Gasteiger partial charge >= 0.3 is 0 Å². The first-order valence-electron chi connectivity index (χ1n) is 3.59. The number of alkyl halides is 1. The minimum atomic E-state index is -0.0359. The van der Waals surface area contributed by atoms with Crippen LogP contribution in [0.3, 0.4) is 0 Å². The third-order valence-corrected chi connectivity index (χ3v) is 1.64. The first kappa shape index (κ1) is 10.7. The second-order valence-corrected chi connectivity index (χ2v) is 2.37. The van der Waals surface area contributed by atoms with Crippen molar-refractivity contribution in [3.63, 3.8) is 0 Å². The molecule has 0 aromatic rings. The largest absolute Gasteiger partial charge is 0.383 e. The van der Waals surface area contributed by atoms with E-state index in [1.807, 2.05) is 6.92 Å². The summed E-state index contributed by atoms with van der Waals surface area (Å²) < 4.78 is 4.83. The zero-order valence-corrected chi connectivity index (χ0v) is 7.73. The minimum absolute atomic E-state index is 0.0359. The maximum Gasteiger partial charge on any atom is 0.237 e. The van der Waals surface area contributed by atoms with Crippen molar-refractivity contribution in [1.82, 2.24) is 4.90 Å². The molecule has 3 nitrogen and oxygen atoms in total. The molecule has 0 aliphatic rings. The lowest BCUT2D eigenvalue weighted by atomic mass is 10.5. The quantitative estimate of drug-likeness (QED) is 0.583. The zero-order valence-electron chi connectivity index (χ0n) is 6.97. The third-order valence-electron chi connectivity index (χ3n) is 1.41. The lowest BCUT2D eigenvalue weighted by Crippen LogP contribution is -2.34. The second kappa shape index (κ2) is 6.43. The van der Waals surface area contributed by atoms with Crippen molar-refractivity contribution in [2.75, 3.05) is 32.7 Å². The summed E-state index contributed by atoms with van der Waals surface area (Å²) in [7, 11) is 1.61. The van der Waals surface area contributed by atoms with Gasteiger partial charge in [0.2, 0.25) is 5.91 Å². The Labute approximate surface area is 72.3 Å². The monoisotopic (exact) mass is 179 g/mol. The predicted octanol–water partition coefficient (Wildman–Crippen LogP) is 0.720. The van der Waals surface area contributed by atoms with Crippen LogP contribution < -0.4 is 0 Å². The van der Waals surface area contributed by atoms with Crippen LogP contribution in [-0.4, -0.2) is 43.5 Å². The summed E-state index contributed by atoms with van der Waals surface area (Å²) in [6.45, 7) is 3.80. The van der Waals surface area contributed by atoms with Gasteiger partial charge in [-0.05, 0) is 6.92 Å². The van der Waals surface area contributed by atoms with Crippen LogP contribution in [0.1, 0.15) is 6.92 Å². The van der Waals surface area contributed by atoms with Crippen molar-refractivity contribution < 1.29 is 9.53 Å². The van der Waals surface area contributed by atoms with Crippen molar-refractivity contribution in [2.24, 2.45) is 0 Å². The highest BCUT2D eigenvalue weighted by Crippen LogP contribution is 1.91. The van der Waals surface area contributed by atoms with Gasteiger partial charge in [0.1, 0.15) is 5.88 Å². The average Bonchev–Trinajstić information content (AvgIpc) is 2.05. The van der Waals surface area contributed by atoms with Crippen LogP contribution in [0.25, 0.3) is 0 Å². The highest BCUT2D eigenvalue weighted by molar-refractivity contribution is 6.27. The number of ether oxygens (including phenoxy) is 1. The molecule has 0 aliphatic heterocycles. The smallest absolute Gasteiger partial charge is 0.237 e. The Kier molecular flexibility index (Phi) is 6.27. The molecule has 66 valence electrons. The van der Waals surface area contributed by atoms with Gasteiger partial charge in [-0.25, -0.2) is 0 Å². The molecule has 0 radical (unpaired) electrons. The zero-order chi connectivity index (χ0) is 8.69. The molecule has 0 aromatic heterocycles. The molecule has 11 heavy (non-hydrogen) atoms. The fourth-order valence-electron chi connectivity index (χ4n) is 0.745. The van der Waals surface area contributed by atoms with E-state index in [-0.39, 0.29) is 11.8 Å². The molecular weight excluding hydrogens is 166 g/mol. The van der Waals surface area contributed by atoms with Crippen molar-refractivity contribution in [2.45, 2.75) is 6.92 Å². The Hall–Kier alpha value is -0.280. The first-order chi connectivity index (χ1) is 5.26. The minimum Gasteiger partial charge on any atom is -0.383 e. The first-order valence-corrected chi connectivity index (χ1v) is 4.12. The van der Waals surface area contributed by atoms with Gasteiger partial charge in [0, 0.05) is 20.2 Å². The molecule has 0 saturated heterocycles. The van der Waals surface area contributed by atoms with E-state index < -0.39 is 0 Å². The molecule has 0 aliphatic carbocycles. The van der Waals surface area contributed by atoms with Crippen LogP contribution in [0.5, 0.6) is 0 Å². The number of hydrogen-bond donors (Lipinski definition) is 0. The highest BCUT2D eigenvalue weighted by Gasteiger charge is 2.08. The Balaban J connectivity index is 3.65. The fraction of sp³-hybridized carbons (Fsp3) is 0.857. The van der Waals surface area contributed by atoms with Gasteiger partial charge in [0.25, 0.3) is 0 Å². The van der Waals surface area contributed by atoms with Gasteiger partial charge in [-0.15, -0.1) is 11.6 Å². The van der Waals surface area contributed by atoms with E-state index in [1.54, 1.807) is 12.0 Å². The SMILES string of the molecule is CCN(CCOC)C(=O)CCl. The van der Waals surface area contributed by atoms with Gasteiger partial charge in [-0.3, -0.25) is 4.79 Å². The van der Waals surface area contributed by atoms with E-state index in [1.165, 1.54) is 0 Å². The second-order valence-electron chi connectivity index (χ2n) is 2.10. The highest BCUT2D eigenvalue weighted by atomic mass is 35.5. The van der Waals surface area contributed by atoms with Gasteiger partial charge in [-0.2, -0.15) is 0 Å². The van der Waals surface area contributed by atoms with E-state index in [2.05, 4.69) is 0 Å². The molecule has 0 unspecified atom stereocenters. The topological polar surface area (TPSA) is 29.5 Å². The van der Waals surface area contributed by atoms with Crippen molar-refractivity contribution in [1.29, 1.82) is 0 Å². The molecule has 0 N–H and O–H groups in total. The summed E-state index contributed by atoms with van der Waals surface area (Å²) in [6.07, 6.45) is 0. The van der Waals surface area contributed by atoms with Gasteiger partial charge in [0.05, 0.1) is 6.61 Å². The summed E-state index contributed by atoms with van der Waals surface area (Å²) in [5.74, 6) is 0.0172. The molecule has 0 heterocycles. The molecule has 0 saturated carbocycles. The Bertz CT molecular complexity index is 119. The van der Waals surface area contributed by atoms with Crippen LogP contribution >= 0.6 is 11.6 Å². The van der Waals surface area contributed by atoms with Crippen LogP contribution in [0.2, 0.25) is 0 Å². The predicted molar refractivity (Wildman–Crippen MR) is 44.9 cm³/mol. The van der Waals surface area contributed by atoms with Crippen LogP contribution in [0.15, 0.2) is 0 Å². The number of halogens is 1. The molecule has 0 fully saturated rings. The maximum absolute atomic E-state index is 11.0. The summed E-state index contributed by atoms with van der Waals surface area (Å²) >= 11 is 5.37. The molecule has 0 atom stereocenters. The summed E-state index contributed by atoms with van der Waals surface area (Å²) in [6, 6.07) is 0. The van der Waals surface area contributed by atoms with E-state index in [0.717, 1.165) is 0 Å². The van der Waals surface area contributed by atoms with E-state index in [9.17, 15) is 4.79 Å². The van der Waals surface area contributed by atoms with Gasteiger partial charge < -0.3 is 9.64 Å². The van der Waals surface area contributed by atoms with Crippen molar-refractivity contribution >= 4 is 17.5 Å². The molecule has 4 heteroatoms. The number of carbonyl (C=O) groups is 1. The number of hydrogen-bond acceptors (Lipinski definition) is 2. The number of likely N-dealkylation sites (N-methyl/N-ethyl adjacent to an activating group) is 1. The van der Waals surface area contributed by atoms with Crippen LogP contribution in [0, 0.1) is 0 Å². The van der Waals surface area contributed by atoms with Gasteiger partial charge in [-0.1, -0.05) is 0 Å². The molecular formula is C7H14ClNO2. The standard InChI is InChI=1S/C7H14ClNO2/c1-3-9(4-5-11-2)7(10)6-8/h3-6H2,1-2H3. The fourth-order valence-corrected chi connectivity index (χ4v) is 0.914. The maximum atomic E-state index is 11.0. The normalized spacial score (nSPS) is 9.73. The summed E-state index contributed by atoms with van der Waals surface area (Å²) in [5, 5.41) is 0. The molecule has 1 amide bonds. The van der Waals surface area contributed by atoms with E-state index in [0.29, 0.717) is 19.7 Å². The Morgan fingerprint density at radius 3 is 2.64 bits per heavy atom. The molecule has 0 rings (SSSR count). The average molecular weight is 180 g/mol. The van der Waals surface area contributed by atoms with Gasteiger partial charge in [0.15, 0.2) is 0 Å². The number of carbonyl (C=O) groups excluding carboxylic acids is 1. The van der Waals surface area contributed by atoms with Crippen LogP contribution in [-0.2, 0) is 9.53 Å². The summed E-state index contributed by atoms with van der Waals surface area (Å²) in [5.41, 5.74) is 0. The number of amides is 1. The third kappa shape index (κ3) is 4.22. The molecule has 0 spiro atoms. The van der Waals surface area contributed by atoms with E-state index in [4.69, 9.17) is 16.3 Å². The number of nitrogens with zero attached hydrogens (tertiary/aromatic N) is 1. The molecule has 0 aromatic carbocycles. The summed E-state index contributed by atoms with van der Waals surface area (Å²) in [4.78, 5) is 12.7. The Morgan fingerprint density at radius 1 is 1.64 bits per heavy atom. The number of methoxy groups -OCH3 is 1. The number of rotatable bonds is 5. The van der Waals surface area contributed by atoms with Crippen molar-refractivity contribution in [3.05, 3.63) is 0 Å². The lowest BCUT2D eigenvalue weighted by Gasteiger charge is -2.18. The Morgan fingerprint density at radius 2 is 2.27 bits per heavy atom. The lowest BCUT2D eigenvalue weighted by molar-refractivity contribution is -0.128. The molecule has 0 bridgehead atoms. The van der Waals surface area contributed by atoms with Crippen molar-refractivity contribution in [3.8, 4) is 0 Å². The van der Waals surface area contributed by atoms with Crippen LogP contribution in [0.4, 0.5) is 0 Å².